The molecule has 0 radical (unpaired) electrons. The van der Waals surface area contributed by atoms with Gasteiger partial charge in [-0.1, -0.05) is 6.92 Å². The highest BCUT2D eigenvalue weighted by Gasteiger charge is 2.27. The number of carbonyl (C=O) groups is 2. The van der Waals surface area contributed by atoms with Gasteiger partial charge >= 0.3 is 0 Å². The summed E-state index contributed by atoms with van der Waals surface area (Å²) in [6, 6.07) is 0. The highest BCUT2D eigenvalue weighted by atomic mass is 16.2. The lowest BCUT2D eigenvalue weighted by atomic mass is 9.94. The summed E-state index contributed by atoms with van der Waals surface area (Å²) < 4.78 is 0. The predicted octanol–water partition coefficient (Wildman–Crippen LogP) is -0.366. The number of nitrogens with two attached hydrogens (primary N) is 1. The molecule has 0 aromatic heterocycles. The van der Waals surface area contributed by atoms with E-state index in [-0.39, 0.29) is 23.7 Å². The van der Waals surface area contributed by atoms with Gasteiger partial charge < -0.3 is 11.1 Å². The molecule has 0 bridgehead atoms. The van der Waals surface area contributed by atoms with E-state index >= 15 is 0 Å². The topological polar surface area (TPSA) is 72.2 Å². The number of primary amides is 1. The maximum Gasteiger partial charge on any atom is 0.223 e. The van der Waals surface area contributed by atoms with Crippen molar-refractivity contribution >= 4 is 11.8 Å². The SMILES string of the molecule is C[C@@H](C[C@@H]1CCNC1=O)C(N)=O. The molecule has 0 aliphatic carbocycles. The Kier molecular flexibility index (Phi) is 2.68. The number of carbonyl (C=O) groups excluding carboxylic acids is 2. The molecule has 0 aromatic rings. The first-order valence-corrected chi connectivity index (χ1v) is 4.18. The smallest absolute Gasteiger partial charge is 0.223 e. The number of rotatable bonds is 3. The van der Waals surface area contributed by atoms with E-state index < -0.39 is 0 Å². The summed E-state index contributed by atoms with van der Waals surface area (Å²) in [5.41, 5.74) is 5.09. The van der Waals surface area contributed by atoms with Gasteiger partial charge in [0.15, 0.2) is 0 Å². The van der Waals surface area contributed by atoms with Crippen molar-refractivity contribution < 1.29 is 9.59 Å². The Morgan fingerprint density at radius 1 is 1.83 bits per heavy atom. The molecule has 1 heterocycles. The van der Waals surface area contributed by atoms with Gasteiger partial charge in [-0.05, 0) is 12.8 Å². The Hall–Kier alpha value is -1.06. The lowest BCUT2D eigenvalue weighted by Crippen LogP contribution is -2.26. The number of amides is 2. The Balaban J connectivity index is 2.40. The normalized spacial score (nSPS) is 25.1. The second-order valence-corrected chi connectivity index (χ2v) is 3.32. The highest BCUT2D eigenvalue weighted by Crippen LogP contribution is 2.18. The first-order chi connectivity index (χ1) is 5.61. The van der Waals surface area contributed by atoms with Crippen LogP contribution in [-0.2, 0) is 9.59 Å². The lowest BCUT2D eigenvalue weighted by molar-refractivity contribution is -0.124. The minimum atomic E-state index is -0.324. The molecule has 1 aliphatic heterocycles. The second-order valence-electron chi connectivity index (χ2n) is 3.32. The van der Waals surface area contributed by atoms with Crippen molar-refractivity contribution in [2.24, 2.45) is 17.6 Å². The molecule has 1 saturated heterocycles. The Bertz CT molecular complexity index is 203. The van der Waals surface area contributed by atoms with Gasteiger partial charge in [-0.15, -0.1) is 0 Å². The van der Waals surface area contributed by atoms with Gasteiger partial charge in [-0.2, -0.15) is 0 Å². The molecule has 0 spiro atoms. The third kappa shape index (κ3) is 1.96. The molecular weight excluding hydrogens is 156 g/mol. The van der Waals surface area contributed by atoms with Gasteiger partial charge in [-0.25, -0.2) is 0 Å². The van der Waals surface area contributed by atoms with Gasteiger partial charge in [0.1, 0.15) is 0 Å². The molecule has 1 aliphatic rings. The van der Waals surface area contributed by atoms with E-state index in [2.05, 4.69) is 5.32 Å². The molecule has 4 heteroatoms. The monoisotopic (exact) mass is 170 g/mol. The maximum atomic E-state index is 11.1. The van der Waals surface area contributed by atoms with Crippen LogP contribution in [0.15, 0.2) is 0 Å². The quantitative estimate of drug-likeness (QED) is 0.606. The molecule has 2 amide bonds. The van der Waals surface area contributed by atoms with Crippen molar-refractivity contribution in [2.45, 2.75) is 19.8 Å². The third-order valence-corrected chi connectivity index (χ3v) is 2.29. The van der Waals surface area contributed by atoms with Crippen LogP contribution in [0.25, 0.3) is 0 Å². The fraction of sp³-hybridized carbons (Fsp3) is 0.750. The summed E-state index contributed by atoms with van der Waals surface area (Å²) in [7, 11) is 0. The summed E-state index contributed by atoms with van der Waals surface area (Å²) >= 11 is 0. The first kappa shape index (κ1) is 9.03. The van der Waals surface area contributed by atoms with Crippen molar-refractivity contribution in [3.8, 4) is 0 Å². The van der Waals surface area contributed by atoms with Crippen LogP contribution < -0.4 is 11.1 Å². The van der Waals surface area contributed by atoms with E-state index in [4.69, 9.17) is 5.73 Å². The maximum absolute atomic E-state index is 11.1. The fourth-order valence-electron chi connectivity index (χ4n) is 1.41. The van der Waals surface area contributed by atoms with E-state index in [9.17, 15) is 9.59 Å². The minimum Gasteiger partial charge on any atom is -0.369 e. The molecule has 0 unspecified atom stereocenters. The van der Waals surface area contributed by atoms with E-state index in [0.717, 1.165) is 13.0 Å². The molecule has 12 heavy (non-hydrogen) atoms. The molecule has 68 valence electrons. The van der Waals surface area contributed by atoms with Gasteiger partial charge in [0.25, 0.3) is 0 Å². The molecule has 0 aromatic carbocycles. The zero-order valence-corrected chi connectivity index (χ0v) is 7.17. The van der Waals surface area contributed by atoms with Crippen LogP contribution in [0.3, 0.4) is 0 Å². The highest BCUT2D eigenvalue weighted by molar-refractivity contribution is 5.82. The largest absolute Gasteiger partial charge is 0.369 e. The molecular formula is C8H14N2O2. The zero-order valence-electron chi connectivity index (χ0n) is 7.17. The van der Waals surface area contributed by atoms with Crippen LogP contribution in [0.1, 0.15) is 19.8 Å². The Morgan fingerprint density at radius 2 is 2.50 bits per heavy atom. The molecule has 1 fully saturated rings. The molecule has 1 rings (SSSR count). The lowest BCUT2D eigenvalue weighted by Gasteiger charge is -2.10. The van der Waals surface area contributed by atoms with E-state index in [1.54, 1.807) is 6.92 Å². The number of nitrogens with one attached hydrogen (secondary N) is 1. The Labute approximate surface area is 71.5 Å². The second kappa shape index (κ2) is 3.56. The number of hydrogen-bond acceptors (Lipinski definition) is 2. The molecule has 4 nitrogen and oxygen atoms in total. The number of hydrogen-bond donors (Lipinski definition) is 2. The van der Waals surface area contributed by atoms with Crippen molar-refractivity contribution in [1.29, 1.82) is 0 Å². The molecule has 2 atom stereocenters. The van der Waals surface area contributed by atoms with Crippen molar-refractivity contribution in [2.75, 3.05) is 6.54 Å². The average Bonchev–Trinajstić information content (AvgIpc) is 2.36. The van der Waals surface area contributed by atoms with Gasteiger partial charge in [0.2, 0.25) is 11.8 Å². The Morgan fingerprint density at radius 3 is 2.92 bits per heavy atom. The van der Waals surface area contributed by atoms with Crippen LogP contribution in [0.4, 0.5) is 0 Å². The zero-order chi connectivity index (χ0) is 9.14. The summed E-state index contributed by atoms with van der Waals surface area (Å²) in [5.74, 6) is -0.468. The van der Waals surface area contributed by atoms with Crippen LogP contribution in [0.2, 0.25) is 0 Å². The van der Waals surface area contributed by atoms with E-state index in [1.165, 1.54) is 0 Å². The van der Waals surface area contributed by atoms with E-state index in [0.29, 0.717) is 6.42 Å². The van der Waals surface area contributed by atoms with Crippen LogP contribution in [-0.4, -0.2) is 18.4 Å². The van der Waals surface area contributed by atoms with Crippen molar-refractivity contribution in [3.63, 3.8) is 0 Å². The molecule has 0 saturated carbocycles. The van der Waals surface area contributed by atoms with Crippen molar-refractivity contribution in [3.05, 3.63) is 0 Å². The predicted molar refractivity (Wildman–Crippen MR) is 44.1 cm³/mol. The van der Waals surface area contributed by atoms with Gasteiger partial charge in [0.05, 0.1) is 0 Å². The van der Waals surface area contributed by atoms with Crippen molar-refractivity contribution in [1.82, 2.24) is 5.32 Å². The first-order valence-electron chi connectivity index (χ1n) is 4.18. The van der Waals surface area contributed by atoms with E-state index in [1.807, 2.05) is 0 Å². The minimum absolute atomic E-state index is 0.00694. The van der Waals surface area contributed by atoms with Crippen LogP contribution in [0, 0.1) is 11.8 Å². The third-order valence-electron chi connectivity index (χ3n) is 2.29. The summed E-state index contributed by atoms with van der Waals surface area (Å²) in [4.78, 5) is 21.8. The van der Waals surface area contributed by atoms with Crippen LogP contribution in [0.5, 0.6) is 0 Å². The fourth-order valence-corrected chi connectivity index (χ4v) is 1.41. The van der Waals surface area contributed by atoms with Gasteiger partial charge in [0, 0.05) is 18.4 Å². The standard InChI is InChI=1S/C8H14N2O2/c1-5(7(9)11)4-6-2-3-10-8(6)12/h5-6H,2-4H2,1H3,(H2,9,11)(H,10,12)/t5-,6-/m0/s1. The van der Waals surface area contributed by atoms with Crippen LogP contribution >= 0.6 is 0 Å². The average molecular weight is 170 g/mol. The summed E-state index contributed by atoms with van der Waals surface area (Å²) in [5, 5.41) is 2.72. The summed E-state index contributed by atoms with van der Waals surface area (Å²) in [6.07, 6.45) is 1.41. The molecule has 3 N–H and O–H groups in total. The summed E-state index contributed by atoms with van der Waals surface area (Å²) in [6.45, 7) is 2.49. The van der Waals surface area contributed by atoms with Gasteiger partial charge in [-0.3, -0.25) is 9.59 Å².